The van der Waals surface area contributed by atoms with Crippen LogP contribution in [0, 0.1) is 0 Å². The Balaban J connectivity index is 5.07. The largest absolute Gasteiger partial charge is 0.439 e. The fourth-order valence-electron chi connectivity index (χ4n) is 1.39. The monoisotopic (exact) mass is 261 g/mol. The van der Waals surface area contributed by atoms with E-state index in [0.29, 0.717) is 0 Å². The molecule has 104 valence electrons. The number of ether oxygens (including phenoxy) is 3. The number of allylic oxidation sites excluding steroid dienone is 2. The Bertz CT molecular complexity index is 324. The summed E-state index contributed by atoms with van der Waals surface area (Å²) < 4.78 is 28.3. The molecule has 0 aromatic carbocycles. The number of amides is 1. The molecule has 18 heavy (non-hydrogen) atoms. The molecule has 6 heteroatoms. The van der Waals surface area contributed by atoms with Gasteiger partial charge in [-0.05, 0) is 20.8 Å². The third-order valence-electron chi connectivity index (χ3n) is 2.17. The summed E-state index contributed by atoms with van der Waals surface area (Å²) in [7, 11) is 1.46. The molecule has 2 unspecified atom stereocenters. The van der Waals surface area contributed by atoms with Crippen molar-refractivity contribution in [1.29, 1.82) is 0 Å². The van der Waals surface area contributed by atoms with Gasteiger partial charge in [0.15, 0.2) is 6.10 Å². The molecule has 0 aromatic rings. The summed E-state index contributed by atoms with van der Waals surface area (Å²) in [6, 6.07) is 0. The number of halogens is 1. The first kappa shape index (κ1) is 16.6. The van der Waals surface area contributed by atoms with E-state index in [-0.39, 0.29) is 12.4 Å². The zero-order chi connectivity index (χ0) is 14.1. The summed E-state index contributed by atoms with van der Waals surface area (Å²) in [4.78, 5) is 10.9. The van der Waals surface area contributed by atoms with Crippen LogP contribution >= 0.6 is 0 Å². The van der Waals surface area contributed by atoms with Crippen molar-refractivity contribution in [2.45, 2.75) is 33.0 Å². The molecule has 1 amide bonds. The first-order valence-electron chi connectivity index (χ1n) is 5.49. The number of hydrogen-bond donors (Lipinski definition) is 1. The Labute approximate surface area is 106 Å². The molecule has 0 radical (unpaired) electrons. The van der Waals surface area contributed by atoms with Gasteiger partial charge in [0.2, 0.25) is 0 Å². The predicted molar refractivity (Wildman–Crippen MR) is 65.5 cm³/mol. The summed E-state index contributed by atoms with van der Waals surface area (Å²) in [5, 5.41) is 0. The van der Waals surface area contributed by atoms with E-state index in [9.17, 15) is 9.18 Å². The van der Waals surface area contributed by atoms with Crippen molar-refractivity contribution in [2.24, 2.45) is 5.73 Å². The highest BCUT2D eigenvalue weighted by Gasteiger charge is 2.26. The van der Waals surface area contributed by atoms with Crippen molar-refractivity contribution in [3.63, 3.8) is 0 Å². The van der Waals surface area contributed by atoms with Gasteiger partial charge in [0, 0.05) is 12.7 Å². The van der Waals surface area contributed by atoms with Gasteiger partial charge in [-0.3, -0.25) is 0 Å². The number of nitrogens with two attached hydrogens (primary N) is 1. The first-order valence-corrected chi connectivity index (χ1v) is 5.49. The first-order chi connectivity index (χ1) is 8.43. The molecule has 0 heterocycles. The minimum atomic E-state index is -0.990. The number of carbonyl (C=O) groups is 1. The van der Waals surface area contributed by atoms with Crippen LogP contribution in [0.5, 0.6) is 0 Å². The van der Waals surface area contributed by atoms with Crippen LogP contribution < -0.4 is 5.73 Å². The van der Waals surface area contributed by atoms with Crippen LogP contribution in [0.4, 0.5) is 9.18 Å². The molecule has 2 atom stereocenters. The summed E-state index contributed by atoms with van der Waals surface area (Å²) in [6.07, 6.45) is 0.651. The van der Waals surface area contributed by atoms with Gasteiger partial charge in [0.1, 0.15) is 12.6 Å². The minimum Gasteiger partial charge on any atom is -0.439 e. The van der Waals surface area contributed by atoms with Gasteiger partial charge in [-0.25, -0.2) is 9.18 Å². The van der Waals surface area contributed by atoms with Gasteiger partial charge < -0.3 is 19.9 Å². The molecule has 0 aromatic heterocycles. The lowest BCUT2D eigenvalue weighted by atomic mass is 10.0. The quantitative estimate of drug-likeness (QED) is 0.563. The predicted octanol–water partition coefficient (Wildman–Crippen LogP) is 2.28. The molecule has 0 spiro atoms. The fourth-order valence-corrected chi connectivity index (χ4v) is 1.39. The Morgan fingerprint density at radius 3 is 2.50 bits per heavy atom. The van der Waals surface area contributed by atoms with Crippen molar-refractivity contribution in [1.82, 2.24) is 0 Å². The third-order valence-corrected chi connectivity index (χ3v) is 2.17. The smallest absolute Gasteiger partial charge is 0.405 e. The Morgan fingerprint density at radius 2 is 2.11 bits per heavy atom. The van der Waals surface area contributed by atoms with Crippen LogP contribution in [0.15, 0.2) is 23.6 Å². The lowest BCUT2D eigenvalue weighted by molar-refractivity contribution is -0.0971. The van der Waals surface area contributed by atoms with E-state index in [1.165, 1.54) is 20.1 Å². The standard InChI is InChI=1S/C12H20FNO4/c1-5-6-10(8(2)13)11(18-12(14)15)9(3)17-7-16-4/h5-6,9,11H,7H2,1-4H3,(H2,14,15). The zero-order valence-electron chi connectivity index (χ0n) is 11.1. The van der Waals surface area contributed by atoms with Crippen LogP contribution in [0.3, 0.4) is 0 Å². The summed E-state index contributed by atoms with van der Waals surface area (Å²) in [5.41, 5.74) is 5.19. The molecule has 0 aliphatic rings. The molecule has 0 saturated heterocycles. The van der Waals surface area contributed by atoms with E-state index in [0.717, 1.165) is 0 Å². The lowest BCUT2D eigenvalue weighted by Crippen LogP contribution is -2.35. The average molecular weight is 261 g/mol. The number of rotatable bonds is 7. The van der Waals surface area contributed by atoms with E-state index in [1.807, 2.05) is 0 Å². The van der Waals surface area contributed by atoms with Crippen molar-refractivity contribution in [2.75, 3.05) is 13.9 Å². The molecule has 5 nitrogen and oxygen atoms in total. The van der Waals surface area contributed by atoms with Crippen LogP contribution in [-0.4, -0.2) is 32.2 Å². The second-order valence-corrected chi connectivity index (χ2v) is 3.62. The molecule has 0 bridgehead atoms. The SMILES string of the molecule is CC=CC(=C(C)F)C(OC(N)=O)C(C)OCOC. The summed E-state index contributed by atoms with van der Waals surface area (Å²) >= 11 is 0. The molecule has 0 aliphatic carbocycles. The molecule has 0 saturated carbocycles. The molecular weight excluding hydrogens is 241 g/mol. The molecule has 2 N–H and O–H groups in total. The summed E-state index contributed by atoms with van der Waals surface area (Å²) in [5.74, 6) is -0.466. The highest BCUT2D eigenvalue weighted by atomic mass is 19.1. The van der Waals surface area contributed by atoms with E-state index >= 15 is 0 Å². The fraction of sp³-hybridized carbons (Fsp3) is 0.583. The Morgan fingerprint density at radius 1 is 1.50 bits per heavy atom. The maximum absolute atomic E-state index is 13.4. The zero-order valence-corrected chi connectivity index (χ0v) is 11.1. The minimum absolute atomic E-state index is 0.00818. The van der Waals surface area contributed by atoms with Crippen LogP contribution in [0.25, 0.3) is 0 Å². The molecular formula is C12H20FNO4. The average Bonchev–Trinajstić information content (AvgIpc) is 2.29. The number of hydrogen-bond acceptors (Lipinski definition) is 4. The normalized spacial score (nSPS) is 16.3. The molecule has 0 fully saturated rings. The van der Waals surface area contributed by atoms with E-state index in [1.54, 1.807) is 19.9 Å². The maximum Gasteiger partial charge on any atom is 0.405 e. The summed E-state index contributed by atoms with van der Waals surface area (Å²) in [6.45, 7) is 4.65. The molecule has 0 aliphatic heterocycles. The second-order valence-electron chi connectivity index (χ2n) is 3.62. The third kappa shape index (κ3) is 5.79. The Kier molecular flexibility index (Phi) is 7.98. The lowest BCUT2D eigenvalue weighted by Gasteiger charge is -2.24. The van der Waals surface area contributed by atoms with Gasteiger partial charge in [0.05, 0.1) is 6.10 Å². The van der Waals surface area contributed by atoms with Crippen molar-refractivity contribution in [3.05, 3.63) is 23.6 Å². The number of carbonyl (C=O) groups excluding carboxylic acids is 1. The van der Waals surface area contributed by atoms with Crippen LogP contribution in [-0.2, 0) is 14.2 Å². The van der Waals surface area contributed by atoms with Crippen molar-refractivity contribution >= 4 is 6.09 Å². The highest BCUT2D eigenvalue weighted by Crippen LogP contribution is 2.20. The van der Waals surface area contributed by atoms with E-state index in [4.69, 9.17) is 19.9 Å². The van der Waals surface area contributed by atoms with Gasteiger partial charge in [-0.2, -0.15) is 0 Å². The van der Waals surface area contributed by atoms with E-state index < -0.39 is 24.1 Å². The molecule has 0 rings (SSSR count). The van der Waals surface area contributed by atoms with Crippen molar-refractivity contribution < 1.29 is 23.4 Å². The number of primary amides is 1. The van der Waals surface area contributed by atoms with E-state index in [2.05, 4.69) is 0 Å². The second kappa shape index (κ2) is 8.66. The highest BCUT2D eigenvalue weighted by molar-refractivity contribution is 5.65. The van der Waals surface area contributed by atoms with Gasteiger partial charge in [-0.1, -0.05) is 12.2 Å². The van der Waals surface area contributed by atoms with Crippen LogP contribution in [0.2, 0.25) is 0 Å². The van der Waals surface area contributed by atoms with Crippen LogP contribution in [0.1, 0.15) is 20.8 Å². The van der Waals surface area contributed by atoms with Gasteiger partial charge in [-0.15, -0.1) is 0 Å². The Hall–Kier alpha value is -1.40. The maximum atomic E-state index is 13.4. The van der Waals surface area contributed by atoms with Gasteiger partial charge in [0.25, 0.3) is 0 Å². The number of methoxy groups -OCH3 is 1. The van der Waals surface area contributed by atoms with Crippen molar-refractivity contribution in [3.8, 4) is 0 Å². The van der Waals surface area contributed by atoms with Gasteiger partial charge >= 0.3 is 6.09 Å². The topological polar surface area (TPSA) is 70.8 Å².